The molecule has 1 aromatic carbocycles. The lowest BCUT2D eigenvalue weighted by Crippen LogP contribution is -2.54. The van der Waals surface area contributed by atoms with E-state index in [1.807, 2.05) is 6.07 Å². The number of aliphatic imine (C=N–C) groups is 1. The maximum absolute atomic E-state index is 13.4. The van der Waals surface area contributed by atoms with Crippen LogP contribution in [-0.2, 0) is 35.2 Å². The van der Waals surface area contributed by atoms with Gasteiger partial charge in [0.2, 0.25) is 23.6 Å². The van der Waals surface area contributed by atoms with Gasteiger partial charge in [0, 0.05) is 31.8 Å². The summed E-state index contributed by atoms with van der Waals surface area (Å²) in [5.74, 6) is -5.88. The highest BCUT2D eigenvalue weighted by Gasteiger charge is 2.38. The maximum Gasteiger partial charge on any atom is 0.305 e. The van der Waals surface area contributed by atoms with Gasteiger partial charge in [-0.2, -0.15) is 0 Å². The van der Waals surface area contributed by atoms with Crippen LogP contribution in [0.5, 0.6) is 0 Å². The topological polar surface area (TPSA) is 266 Å². The van der Waals surface area contributed by atoms with Gasteiger partial charge < -0.3 is 43.6 Å². The molecule has 0 radical (unpaired) electrons. The summed E-state index contributed by atoms with van der Waals surface area (Å²) in [6.07, 6.45) is 0.575. The average molecular weight is 631 g/mol. The van der Waals surface area contributed by atoms with Gasteiger partial charge in [0.15, 0.2) is 11.7 Å². The zero-order valence-electron chi connectivity index (χ0n) is 25.8. The third-order valence-electron chi connectivity index (χ3n) is 7.71. The predicted molar refractivity (Wildman–Crippen MR) is 166 cm³/mol. The van der Waals surface area contributed by atoms with Crippen molar-refractivity contribution >= 4 is 41.3 Å². The molecule has 1 aromatic rings. The van der Waals surface area contributed by atoms with Gasteiger partial charge in [-0.3, -0.25) is 33.8 Å². The number of hydrogen-bond acceptors (Lipinski definition) is 8. The van der Waals surface area contributed by atoms with Crippen molar-refractivity contribution in [1.29, 1.82) is 0 Å². The first kappa shape index (κ1) is 36.7. The summed E-state index contributed by atoms with van der Waals surface area (Å²) in [5, 5.41) is 14.6. The van der Waals surface area contributed by atoms with Crippen LogP contribution < -0.4 is 33.6 Å². The second-order valence-corrected chi connectivity index (χ2v) is 11.6. The number of Topliss-reactive ketones (excluding diaryl/α,β-unsaturated/α-hetero) is 1. The fourth-order valence-electron chi connectivity index (χ4n) is 5.19. The van der Waals surface area contributed by atoms with E-state index in [1.54, 1.807) is 38.1 Å². The second-order valence-electron chi connectivity index (χ2n) is 11.6. The molecule has 15 heteroatoms. The minimum atomic E-state index is -1.45. The summed E-state index contributed by atoms with van der Waals surface area (Å²) in [6, 6.07) is 4.62. The van der Waals surface area contributed by atoms with Crippen molar-refractivity contribution in [1.82, 2.24) is 15.5 Å². The minimum Gasteiger partial charge on any atom is -0.481 e. The molecule has 4 amide bonds. The number of hydrogen-bond donors (Lipinski definition) is 7. The first-order valence-electron chi connectivity index (χ1n) is 15.0. The smallest absolute Gasteiger partial charge is 0.305 e. The molecule has 15 nitrogen and oxygen atoms in total. The zero-order chi connectivity index (χ0) is 33.7. The monoisotopic (exact) mass is 630 g/mol. The van der Waals surface area contributed by atoms with Gasteiger partial charge in [0.25, 0.3) is 0 Å². The molecule has 1 fully saturated rings. The normalized spacial score (nSPS) is 17.1. The Labute approximate surface area is 262 Å². The average Bonchev–Trinajstić information content (AvgIpc) is 3.47. The van der Waals surface area contributed by atoms with E-state index in [0.29, 0.717) is 19.3 Å². The van der Waals surface area contributed by atoms with Crippen LogP contribution in [0.4, 0.5) is 0 Å². The quantitative estimate of drug-likeness (QED) is 0.0576. The van der Waals surface area contributed by atoms with Crippen molar-refractivity contribution in [3.05, 3.63) is 35.9 Å². The van der Waals surface area contributed by atoms with Crippen molar-refractivity contribution < 1.29 is 33.9 Å². The van der Waals surface area contributed by atoms with E-state index in [9.17, 15) is 33.9 Å². The molecular formula is C30H46N8O7. The van der Waals surface area contributed by atoms with Crippen molar-refractivity contribution in [2.24, 2.45) is 39.8 Å². The van der Waals surface area contributed by atoms with Crippen molar-refractivity contribution in [2.75, 3.05) is 13.1 Å². The van der Waals surface area contributed by atoms with E-state index in [0.717, 1.165) is 5.56 Å². The number of nitrogens with zero attached hydrogens (tertiary/aromatic N) is 2. The Bertz CT molecular complexity index is 1240. The lowest BCUT2D eigenvalue weighted by Gasteiger charge is -2.29. The molecule has 0 bridgehead atoms. The van der Waals surface area contributed by atoms with Crippen LogP contribution in [0.3, 0.4) is 0 Å². The number of likely N-dealkylation sites (tertiary alicyclic amines) is 1. The number of primary amides is 1. The molecule has 0 aliphatic carbocycles. The largest absolute Gasteiger partial charge is 0.481 e. The number of nitrogens with two attached hydrogens (primary N) is 4. The molecular weight excluding hydrogens is 584 g/mol. The summed E-state index contributed by atoms with van der Waals surface area (Å²) >= 11 is 0. The molecule has 45 heavy (non-hydrogen) atoms. The predicted octanol–water partition coefficient (Wildman–Crippen LogP) is -1.24. The lowest BCUT2D eigenvalue weighted by molar-refractivity contribution is -0.143. The van der Waals surface area contributed by atoms with E-state index in [4.69, 9.17) is 22.9 Å². The summed E-state index contributed by atoms with van der Waals surface area (Å²) < 4.78 is 0. The number of aliphatic carboxylic acids is 1. The minimum absolute atomic E-state index is 0.0742. The van der Waals surface area contributed by atoms with Crippen LogP contribution in [0.25, 0.3) is 0 Å². The van der Waals surface area contributed by atoms with Crippen molar-refractivity contribution in [2.45, 2.75) is 83.0 Å². The third-order valence-corrected chi connectivity index (χ3v) is 7.71. The summed E-state index contributed by atoms with van der Waals surface area (Å²) in [7, 11) is 0. The number of benzene rings is 1. The fourth-order valence-corrected chi connectivity index (χ4v) is 5.19. The Morgan fingerprint density at radius 2 is 1.67 bits per heavy atom. The third kappa shape index (κ3) is 11.8. The highest BCUT2D eigenvalue weighted by atomic mass is 16.4. The molecule has 1 heterocycles. The van der Waals surface area contributed by atoms with Gasteiger partial charge in [-0.1, -0.05) is 44.2 Å². The van der Waals surface area contributed by atoms with Crippen molar-refractivity contribution in [3.8, 4) is 0 Å². The number of ketones is 1. The summed E-state index contributed by atoms with van der Waals surface area (Å²) in [4.78, 5) is 81.9. The molecule has 0 unspecified atom stereocenters. The molecule has 5 atom stereocenters. The molecule has 248 valence electrons. The Morgan fingerprint density at radius 3 is 2.24 bits per heavy atom. The number of carboxylic acid groups (broad SMARTS) is 1. The highest BCUT2D eigenvalue weighted by molar-refractivity contribution is 5.97. The van der Waals surface area contributed by atoms with Gasteiger partial charge in [-0.05, 0) is 37.2 Å². The standard InChI is InChI=1S/C30H46N8O7/c1-17(2)19(27(43)37-22(26(32)42)14-18-8-4-3-5-9-18)15-24(39)21(16-25(40)41)36-28(44)23-11-7-13-38(23)29(45)20(31)10-6-12-35-30(33)34/h3-5,8-9,17,19-23H,6-7,10-16,31H2,1-2H3,(H2,32,42)(H,36,44)(H,37,43)(H,40,41)(H4,33,34,35)/t19-,20+,21-,22-,23-/m0/s1. The van der Waals surface area contributed by atoms with Crippen LogP contribution in [0.1, 0.15) is 57.9 Å². The van der Waals surface area contributed by atoms with Gasteiger partial charge >= 0.3 is 5.97 Å². The van der Waals surface area contributed by atoms with Crippen LogP contribution >= 0.6 is 0 Å². The van der Waals surface area contributed by atoms with E-state index in [2.05, 4.69) is 15.6 Å². The first-order valence-corrected chi connectivity index (χ1v) is 15.0. The van der Waals surface area contributed by atoms with E-state index in [-0.39, 0.29) is 37.8 Å². The van der Waals surface area contributed by atoms with Gasteiger partial charge in [-0.25, -0.2) is 0 Å². The number of guanidine groups is 1. The lowest BCUT2D eigenvalue weighted by atomic mass is 9.87. The van der Waals surface area contributed by atoms with E-state index < -0.39 is 78.3 Å². The van der Waals surface area contributed by atoms with Crippen molar-refractivity contribution in [3.63, 3.8) is 0 Å². The number of rotatable bonds is 18. The highest BCUT2D eigenvalue weighted by Crippen LogP contribution is 2.21. The zero-order valence-corrected chi connectivity index (χ0v) is 25.8. The molecule has 1 saturated heterocycles. The van der Waals surface area contributed by atoms with Gasteiger partial charge in [-0.15, -0.1) is 0 Å². The van der Waals surface area contributed by atoms with Crippen LogP contribution in [0, 0.1) is 11.8 Å². The number of amides is 4. The van der Waals surface area contributed by atoms with E-state index in [1.165, 1.54) is 4.90 Å². The Hall–Kier alpha value is -4.53. The second kappa shape index (κ2) is 17.7. The first-order chi connectivity index (χ1) is 21.2. The number of carbonyl (C=O) groups is 6. The van der Waals surface area contributed by atoms with Crippen LogP contribution in [0.15, 0.2) is 35.3 Å². The molecule has 2 rings (SSSR count). The Balaban J connectivity index is 2.10. The summed E-state index contributed by atoms with van der Waals surface area (Å²) in [6.45, 7) is 3.98. The Kier molecular flexibility index (Phi) is 14.4. The molecule has 11 N–H and O–H groups in total. The molecule has 0 saturated carbocycles. The molecule has 0 spiro atoms. The number of carbonyl (C=O) groups excluding carboxylic acids is 5. The molecule has 1 aliphatic rings. The maximum atomic E-state index is 13.4. The summed E-state index contributed by atoms with van der Waals surface area (Å²) in [5.41, 5.74) is 23.0. The van der Waals surface area contributed by atoms with Gasteiger partial charge in [0.05, 0.1) is 18.5 Å². The number of nitrogens with one attached hydrogen (secondary N) is 2. The Morgan fingerprint density at radius 1 is 1.00 bits per heavy atom. The molecule has 1 aliphatic heterocycles. The SMILES string of the molecule is CC(C)[C@H](CC(=O)[C@H](CC(=O)O)NC(=O)[C@@H]1CCCN1C(=O)[C@H](N)CCCN=C(N)N)C(=O)N[C@@H](Cc1ccccc1)C(N)=O. The van der Waals surface area contributed by atoms with Crippen LogP contribution in [-0.4, -0.2) is 88.6 Å². The molecule has 0 aromatic heterocycles. The van der Waals surface area contributed by atoms with Crippen LogP contribution in [0.2, 0.25) is 0 Å². The van der Waals surface area contributed by atoms with Gasteiger partial charge in [0.1, 0.15) is 12.1 Å². The number of carboxylic acids is 1. The van der Waals surface area contributed by atoms with E-state index >= 15 is 0 Å². The fraction of sp³-hybridized carbons (Fsp3) is 0.567.